The van der Waals surface area contributed by atoms with Gasteiger partial charge in [-0.25, -0.2) is 4.98 Å². The SMILES string of the molecule is CC(C)(CNc1ncccc1Cl)c1ccccc1. The highest BCUT2D eigenvalue weighted by atomic mass is 35.5. The van der Waals surface area contributed by atoms with Crippen LogP contribution < -0.4 is 5.32 Å². The molecule has 94 valence electrons. The smallest absolute Gasteiger partial charge is 0.144 e. The molecule has 0 saturated carbocycles. The van der Waals surface area contributed by atoms with Gasteiger partial charge in [0.1, 0.15) is 5.82 Å². The van der Waals surface area contributed by atoms with E-state index in [1.807, 2.05) is 18.2 Å². The van der Waals surface area contributed by atoms with E-state index in [-0.39, 0.29) is 5.41 Å². The Labute approximate surface area is 113 Å². The zero-order chi connectivity index (χ0) is 13.0. The van der Waals surface area contributed by atoms with Crippen LogP contribution in [0.15, 0.2) is 48.7 Å². The lowest BCUT2D eigenvalue weighted by Crippen LogP contribution is -2.27. The molecule has 2 rings (SSSR count). The molecule has 1 aromatic carbocycles. The lowest BCUT2D eigenvalue weighted by molar-refractivity contribution is 0.556. The number of hydrogen-bond acceptors (Lipinski definition) is 2. The monoisotopic (exact) mass is 260 g/mol. The molecule has 2 aromatic rings. The highest BCUT2D eigenvalue weighted by molar-refractivity contribution is 6.32. The highest BCUT2D eigenvalue weighted by Crippen LogP contribution is 2.25. The maximum Gasteiger partial charge on any atom is 0.144 e. The van der Waals surface area contributed by atoms with Gasteiger partial charge in [0.05, 0.1) is 5.02 Å². The lowest BCUT2D eigenvalue weighted by Gasteiger charge is -2.26. The summed E-state index contributed by atoms with van der Waals surface area (Å²) >= 11 is 6.07. The first-order valence-electron chi connectivity index (χ1n) is 5.99. The van der Waals surface area contributed by atoms with E-state index in [1.165, 1.54) is 5.56 Å². The molecule has 0 atom stereocenters. The lowest BCUT2D eigenvalue weighted by atomic mass is 9.84. The fourth-order valence-electron chi connectivity index (χ4n) is 1.81. The Morgan fingerprint density at radius 1 is 1.11 bits per heavy atom. The number of pyridine rings is 1. The molecule has 0 amide bonds. The molecule has 0 radical (unpaired) electrons. The molecule has 0 fully saturated rings. The van der Waals surface area contributed by atoms with Crippen molar-refractivity contribution in [3.8, 4) is 0 Å². The van der Waals surface area contributed by atoms with E-state index < -0.39 is 0 Å². The maximum absolute atomic E-state index is 6.07. The van der Waals surface area contributed by atoms with Gasteiger partial charge in [-0.3, -0.25) is 0 Å². The number of nitrogens with zero attached hydrogens (tertiary/aromatic N) is 1. The molecule has 18 heavy (non-hydrogen) atoms. The third kappa shape index (κ3) is 3.02. The van der Waals surface area contributed by atoms with Crippen LogP contribution in [0.3, 0.4) is 0 Å². The average Bonchev–Trinajstić information content (AvgIpc) is 2.39. The molecule has 0 unspecified atom stereocenters. The molecule has 0 bridgehead atoms. The van der Waals surface area contributed by atoms with E-state index in [2.05, 4.69) is 48.4 Å². The number of halogens is 1. The molecule has 3 heteroatoms. The van der Waals surface area contributed by atoms with Crippen LogP contribution in [0.2, 0.25) is 5.02 Å². The summed E-state index contributed by atoms with van der Waals surface area (Å²) in [6, 6.07) is 14.1. The van der Waals surface area contributed by atoms with Crippen molar-refractivity contribution in [3.63, 3.8) is 0 Å². The third-order valence-corrected chi connectivity index (χ3v) is 3.32. The Morgan fingerprint density at radius 3 is 2.50 bits per heavy atom. The van der Waals surface area contributed by atoms with Crippen LogP contribution in [-0.2, 0) is 5.41 Å². The average molecular weight is 261 g/mol. The minimum atomic E-state index is 0.0299. The molecule has 1 N–H and O–H groups in total. The van der Waals surface area contributed by atoms with Gasteiger partial charge in [-0.05, 0) is 17.7 Å². The van der Waals surface area contributed by atoms with Crippen molar-refractivity contribution in [2.45, 2.75) is 19.3 Å². The maximum atomic E-state index is 6.07. The van der Waals surface area contributed by atoms with Gasteiger partial charge < -0.3 is 5.32 Å². The Morgan fingerprint density at radius 2 is 1.83 bits per heavy atom. The summed E-state index contributed by atoms with van der Waals surface area (Å²) in [5, 5.41) is 3.96. The molecule has 1 aromatic heterocycles. The van der Waals surface area contributed by atoms with Crippen molar-refractivity contribution in [2.24, 2.45) is 0 Å². The summed E-state index contributed by atoms with van der Waals surface area (Å²) in [7, 11) is 0. The largest absolute Gasteiger partial charge is 0.368 e. The van der Waals surface area contributed by atoms with Crippen molar-refractivity contribution in [3.05, 3.63) is 59.2 Å². The Hall–Kier alpha value is -1.54. The van der Waals surface area contributed by atoms with Crippen molar-refractivity contribution in [1.82, 2.24) is 4.98 Å². The quantitative estimate of drug-likeness (QED) is 0.894. The number of aromatic nitrogens is 1. The van der Waals surface area contributed by atoms with Crippen LogP contribution in [0.25, 0.3) is 0 Å². The first kappa shape index (κ1) is 12.9. The first-order valence-corrected chi connectivity index (χ1v) is 6.37. The predicted octanol–water partition coefficient (Wildman–Crippen LogP) is 4.12. The van der Waals surface area contributed by atoms with Crippen LogP contribution >= 0.6 is 11.6 Å². The van der Waals surface area contributed by atoms with Crippen molar-refractivity contribution >= 4 is 17.4 Å². The standard InChI is InChI=1S/C15H17ClN2/c1-15(2,12-7-4-3-5-8-12)11-18-14-13(16)9-6-10-17-14/h3-10H,11H2,1-2H3,(H,17,18). The van der Waals surface area contributed by atoms with Crippen LogP contribution in [-0.4, -0.2) is 11.5 Å². The Kier molecular flexibility index (Phi) is 3.87. The van der Waals surface area contributed by atoms with Gasteiger partial charge >= 0.3 is 0 Å². The molecule has 0 aliphatic heterocycles. The van der Waals surface area contributed by atoms with Gasteiger partial charge in [0.2, 0.25) is 0 Å². The zero-order valence-electron chi connectivity index (χ0n) is 10.7. The second-order valence-electron chi connectivity index (χ2n) is 4.94. The molecule has 0 aliphatic rings. The topological polar surface area (TPSA) is 24.9 Å². The Balaban J connectivity index is 2.08. The van der Waals surface area contributed by atoms with Gasteiger partial charge in [0, 0.05) is 18.2 Å². The van der Waals surface area contributed by atoms with Gasteiger partial charge in [0.15, 0.2) is 0 Å². The second-order valence-corrected chi connectivity index (χ2v) is 5.34. The summed E-state index contributed by atoms with van der Waals surface area (Å²) in [5.41, 5.74) is 1.33. The number of anilines is 1. The van der Waals surface area contributed by atoms with Crippen molar-refractivity contribution < 1.29 is 0 Å². The molecule has 0 saturated heterocycles. The highest BCUT2D eigenvalue weighted by Gasteiger charge is 2.20. The van der Waals surface area contributed by atoms with Gasteiger partial charge in [-0.1, -0.05) is 55.8 Å². The molecule has 1 heterocycles. The third-order valence-electron chi connectivity index (χ3n) is 3.01. The number of rotatable bonds is 4. The summed E-state index contributed by atoms with van der Waals surface area (Å²) in [6.07, 6.45) is 1.74. The van der Waals surface area contributed by atoms with Gasteiger partial charge in [0.25, 0.3) is 0 Å². The number of benzene rings is 1. The van der Waals surface area contributed by atoms with E-state index >= 15 is 0 Å². The molecular formula is C15H17ClN2. The predicted molar refractivity (Wildman–Crippen MR) is 77.2 cm³/mol. The molecule has 0 spiro atoms. The van der Waals surface area contributed by atoms with E-state index in [0.717, 1.165) is 12.4 Å². The minimum Gasteiger partial charge on any atom is -0.368 e. The normalized spacial score (nSPS) is 11.3. The van der Waals surface area contributed by atoms with Crippen molar-refractivity contribution in [2.75, 3.05) is 11.9 Å². The van der Waals surface area contributed by atoms with Crippen molar-refractivity contribution in [1.29, 1.82) is 0 Å². The summed E-state index contributed by atoms with van der Waals surface area (Å²) in [6.45, 7) is 5.19. The summed E-state index contributed by atoms with van der Waals surface area (Å²) in [5.74, 6) is 0.739. The fourth-order valence-corrected chi connectivity index (χ4v) is 2.00. The zero-order valence-corrected chi connectivity index (χ0v) is 11.4. The molecule has 2 nitrogen and oxygen atoms in total. The van der Waals surface area contributed by atoms with Crippen LogP contribution in [0.4, 0.5) is 5.82 Å². The molecule has 0 aliphatic carbocycles. The van der Waals surface area contributed by atoms with Crippen LogP contribution in [0, 0.1) is 0 Å². The van der Waals surface area contributed by atoms with Crippen LogP contribution in [0.5, 0.6) is 0 Å². The van der Waals surface area contributed by atoms with E-state index in [0.29, 0.717) is 5.02 Å². The minimum absolute atomic E-state index is 0.0299. The fraction of sp³-hybridized carbons (Fsp3) is 0.267. The van der Waals surface area contributed by atoms with Crippen LogP contribution in [0.1, 0.15) is 19.4 Å². The number of nitrogens with one attached hydrogen (secondary N) is 1. The van der Waals surface area contributed by atoms with E-state index in [1.54, 1.807) is 6.20 Å². The first-order chi connectivity index (χ1) is 8.59. The Bertz CT molecular complexity index is 509. The van der Waals surface area contributed by atoms with Gasteiger partial charge in [-0.2, -0.15) is 0 Å². The second kappa shape index (κ2) is 5.40. The number of hydrogen-bond donors (Lipinski definition) is 1. The molecular weight excluding hydrogens is 244 g/mol. The van der Waals surface area contributed by atoms with E-state index in [9.17, 15) is 0 Å². The van der Waals surface area contributed by atoms with E-state index in [4.69, 9.17) is 11.6 Å². The summed E-state index contributed by atoms with van der Waals surface area (Å²) in [4.78, 5) is 4.23. The van der Waals surface area contributed by atoms with Gasteiger partial charge in [-0.15, -0.1) is 0 Å². The summed E-state index contributed by atoms with van der Waals surface area (Å²) < 4.78 is 0.